The number of rotatable bonds is 0. The number of nitriles is 2. The predicted octanol–water partition coefficient (Wildman–Crippen LogP) is 4.08. The third kappa shape index (κ3) is 2.50. The lowest BCUT2D eigenvalue weighted by Crippen LogP contribution is -1.93. The zero-order valence-corrected chi connectivity index (χ0v) is 11.9. The number of fused-ring (bicyclic) bond motifs is 1. The fourth-order valence-corrected chi connectivity index (χ4v) is 7.38. The molecule has 0 amide bonds. The first-order valence-corrected chi connectivity index (χ1v) is 8.17. The quantitative estimate of drug-likeness (QED) is 0.533. The Morgan fingerprint density at radius 3 is 2.00 bits per heavy atom. The van der Waals surface area contributed by atoms with Gasteiger partial charge in [-0.15, -0.1) is 46.2 Å². The predicted molar refractivity (Wildman–Crippen MR) is 72.7 cm³/mol. The largest absolute Gasteiger partial charge is 0.192 e. The summed E-state index contributed by atoms with van der Waals surface area (Å²) in [6.45, 7) is 0. The highest BCUT2D eigenvalue weighted by atomic mass is 32.2. The van der Waals surface area contributed by atoms with Gasteiger partial charge in [0.1, 0.15) is 20.8 Å². The highest BCUT2D eigenvalue weighted by Gasteiger charge is 2.17. The molecule has 1 aromatic heterocycles. The van der Waals surface area contributed by atoms with Gasteiger partial charge in [-0.05, 0) is 5.57 Å². The van der Waals surface area contributed by atoms with E-state index in [9.17, 15) is 0 Å². The van der Waals surface area contributed by atoms with Crippen LogP contribution in [0.25, 0.3) is 0 Å². The van der Waals surface area contributed by atoms with Gasteiger partial charge < -0.3 is 0 Å². The van der Waals surface area contributed by atoms with Crippen molar-refractivity contribution in [2.45, 2.75) is 8.42 Å². The topological polar surface area (TPSA) is 47.6 Å². The molecule has 7 heteroatoms. The van der Waals surface area contributed by atoms with Crippen LogP contribution in [-0.4, -0.2) is 11.5 Å². The minimum absolute atomic E-state index is 0.263. The van der Waals surface area contributed by atoms with Gasteiger partial charge in [0.05, 0.1) is 8.42 Å². The van der Waals surface area contributed by atoms with Crippen molar-refractivity contribution in [3.8, 4) is 12.1 Å². The molecule has 0 saturated heterocycles. The molecule has 0 radical (unpaired) electrons. The van der Waals surface area contributed by atoms with Crippen LogP contribution in [0.4, 0.5) is 0 Å². The van der Waals surface area contributed by atoms with Gasteiger partial charge in [0.15, 0.2) is 0 Å². The zero-order valence-electron chi connectivity index (χ0n) is 7.85. The molecule has 2 nitrogen and oxygen atoms in total. The van der Waals surface area contributed by atoms with E-state index >= 15 is 0 Å². The summed E-state index contributed by atoms with van der Waals surface area (Å²) >= 11 is 11.7. The molecular formula is C9H4N2S5. The Bertz CT molecular complexity index is 534. The van der Waals surface area contributed by atoms with Gasteiger partial charge in [-0.1, -0.05) is 12.2 Å². The van der Waals surface area contributed by atoms with Crippen molar-refractivity contribution in [1.82, 2.24) is 0 Å². The molecule has 2 heterocycles. The second kappa shape index (κ2) is 5.35. The standard InChI is InChI=1S/C9H4N2S5/c10-1-5(2-11)6-3-13-7-8(14-4-6)16-9(12)15-7/h3-4H2. The van der Waals surface area contributed by atoms with Gasteiger partial charge in [-0.2, -0.15) is 10.5 Å². The van der Waals surface area contributed by atoms with Crippen LogP contribution in [0.15, 0.2) is 19.6 Å². The van der Waals surface area contributed by atoms with E-state index in [4.69, 9.17) is 22.7 Å². The van der Waals surface area contributed by atoms with E-state index in [1.54, 1.807) is 46.2 Å². The lowest BCUT2D eigenvalue weighted by molar-refractivity contribution is 1.35. The second-order valence-electron chi connectivity index (χ2n) is 2.81. The van der Waals surface area contributed by atoms with Gasteiger partial charge in [-0.3, -0.25) is 0 Å². The first kappa shape index (κ1) is 12.2. The number of thioether (sulfide) groups is 2. The van der Waals surface area contributed by atoms with E-state index in [2.05, 4.69) is 0 Å². The Morgan fingerprint density at radius 1 is 1.06 bits per heavy atom. The molecule has 0 unspecified atom stereocenters. The molecule has 0 aliphatic carbocycles. The van der Waals surface area contributed by atoms with Gasteiger partial charge in [-0.25, -0.2) is 0 Å². The molecule has 0 atom stereocenters. The van der Waals surface area contributed by atoms with E-state index in [0.29, 0.717) is 0 Å². The number of hydrogen-bond acceptors (Lipinski definition) is 7. The van der Waals surface area contributed by atoms with Crippen LogP contribution in [0.1, 0.15) is 0 Å². The molecule has 0 bridgehead atoms. The van der Waals surface area contributed by atoms with Crippen LogP contribution >= 0.6 is 58.4 Å². The van der Waals surface area contributed by atoms with Crippen LogP contribution < -0.4 is 0 Å². The zero-order chi connectivity index (χ0) is 11.5. The summed E-state index contributed by atoms with van der Waals surface area (Å²) in [5.41, 5.74) is 1.19. The number of hydrogen-bond donors (Lipinski definition) is 0. The summed E-state index contributed by atoms with van der Waals surface area (Å²) in [4.78, 5) is 0. The monoisotopic (exact) mass is 300 g/mol. The molecule has 0 aromatic carbocycles. The van der Waals surface area contributed by atoms with Crippen molar-refractivity contribution in [2.75, 3.05) is 11.5 Å². The van der Waals surface area contributed by atoms with Crippen molar-refractivity contribution in [3.63, 3.8) is 0 Å². The van der Waals surface area contributed by atoms with Crippen molar-refractivity contribution >= 4 is 58.4 Å². The SMILES string of the molecule is N#CC(C#N)=C1CSc2sc(=S)sc2SC1. The van der Waals surface area contributed by atoms with Crippen molar-refractivity contribution in [2.24, 2.45) is 0 Å². The summed E-state index contributed by atoms with van der Waals surface area (Å²) < 4.78 is 3.40. The normalized spacial score (nSPS) is 14.5. The molecule has 2 rings (SSSR count). The molecule has 1 aliphatic heterocycles. The van der Waals surface area contributed by atoms with Crippen molar-refractivity contribution in [3.05, 3.63) is 14.3 Å². The Hall–Kier alpha value is -0.310. The van der Waals surface area contributed by atoms with Crippen LogP contribution in [0.2, 0.25) is 0 Å². The molecule has 1 aliphatic rings. The van der Waals surface area contributed by atoms with Gasteiger partial charge in [0.25, 0.3) is 0 Å². The smallest absolute Gasteiger partial charge is 0.145 e. The summed E-state index contributed by atoms with van der Waals surface area (Å²) in [7, 11) is 0. The van der Waals surface area contributed by atoms with Gasteiger partial charge >= 0.3 is 0 Å². The highest BCUT2D eigenvalue weighted by molar-refractivity contribution is 8.06. The van der Waals surface area contributed by atoms with Crippen LogP contribution in [0.3, 0.4) is 0 Å². The van der Waals surface area contributed by atoms with Crippen LogP contribution in [0, 0.1) is 25.8 Å². The first-order valence-electron chi connectivity index (χ1n) is 4.16. The highest BCUT2D eigenvalue weighted by Crippen LogP contribution is 2.44. The minimum Gasteiger partial charge on any atom is -0.192 e. The maximum atomic E-state index is 8.82. The van der Waals surface area contributed by atoms with Crippen molar-refractivity contribution in [1.29, 1.82) is 10.5 Å². The molecule has 0 saturated carbocycles. The Kier molecular flexibility index (Phi) is 4.06. The lowest BCUT2D eigenvalue weighted by atomic mass is 10.2. The molecule has 80 valence electrons. The summed E-state index contributed by atoms with van der Waals surface area (Å²) in [6, 6.07) is 3.92. The molecule has 16 heavy (non-hydrogen) atoms. The first-order chi connectivity index (χ1) is 7.74. The van der Waals surface area contributed by atoms with Gasteiger partial charge in [0, 0.05) is 11.5 Å². The van der Waals surface area contributed by atoms with Crippen molar-refractivity contribution < 1.29 is 0 Å². The summed E-state index contributed by atoms with van der Waals surface area (Å²) in [5.74, 6) is 1.44. The fourth-order valence-electron chi connectivity index (χ4n) is 1.11. The molecule has 0 spiro atoms. The maximum absolute atomic E-state index is 8.82. The van der Waals surface area contributed by atoms with E-state index in [1.807, 2.05) is 12.1 Å². The fraction of sp³-hybridized carbons (Fsp3) is 0.222. The molecule has 0 N–H and O–H groups in total. The van der Waals surface area contributed by atoms with E-state index in [-0.39, 0.29) is 5.57 Å². The summed E-state index contributed by atoms with van der Waals surface area (Å²) in [6.07, 6.45) is 0. The van der Waals surface area contributed by atoms with E-state index < -0.39 is 0 Å². The molecule has 0 fully saturated rings. The molecule has 1 aromatic rings. The number of allylic oxidation sites excluding steroid dienone is 1. The Balaban J connectivity index is 2.31. The maximum Gasteiger partial charge on any atom is 0.145 e. The minimum atomic E-state index is 0.263. The average molecular weight is 300 g/mol. The second-order valence-corrected chi connectivity index (χ2v) is 8.52. The Morgan fingerprint density at radius 2 is 1.56 bits per heavy atom. The third-order valence-electron chi connectivity index (χ3n) is 1.85. The third-order valence-corrected chi connectivity index (χ3v) is 7.61. The van der Waals surface area contributed by atoms with Crippen LogP contribution in [-0.2, 0) is 0 Å². The average Bonchev–Trinajstić information content (AvgIpc) is 2.53. The Labute approximate surface area is 115 Å². The lowest BCUT2D eigenvalue weighted by Gasteiger charge is -1.99. The molecular weight excluding hydrogens is 296 g/mol. The number of nitrogens with zero attached hydrogens (tertiary/aromatic N) is 2. The van der Waals surface area contributed by atoms with E-state index in [1.165, 1.54) is 8.42 Å². The summed E-state index contributed by atoms with van der Waals surface area (Å²) in [5, 5.41) is 17.6. The van der Waals surface area contributed by atoms with Crippen LogP contribution in [0.5, 0.6) is 0 Å². The van der Waals surface area contributed by atoms with E-state index in [0.717, 1.165) is 20.2 Å². The van der Waals surface area contributed by atoms with Gasteiger partial charge in [0.2, 0.25) is 0 Å².